The number of hydrogen-bond acceptors (Lipinski definition) is 6. The molecule has 0 saturated carbocycles. The molecule has 136 valence electrons. The third kappa shape index (κ3) is 4.12. The van der Waals surface area contributed by atoms with E-state index in [9.17, 15) is 25.0 Å². The summed E-state index contributed by atoms with van der Waals surface area (Å²) in [5.41, 5.74) is 1.58. The van der Waals surface area contributed by atoms with Gasteiger partial charge in [0.2, 0.25) is 0 Å². The van der Waals surface area contributed by atoms with Crippen molar-refractivity contribution in [2.24, 2.45) is 0 Å². The molecule has 0 aliphatic carbocycles. The van der Waals surface area contributed by atoms with E-state index < -0.39 is 15.9 Å². The monoisotopic (exact) mass is 359 g/mol. The van der Waals surface area contributed by atoms with Crippen molar-refractivity contribution >= 4 is 17.5 Å². The van der Waals surface area contributed by atoms with Crippen LogP contribution in [0.25, 0.3) is 11.1 Å². The Morgan fingerprint density at radius 3 is 2.12 bits per heavy atom. The third-order valence-corrected chi connectivity index (χ3v) is 3.87. The van der Waals surface area contributed by atoms with Gasteiger partial charge in [-0.3, -0.25) is 20.2 Å². The molecule has 0 fully saturated rings. The number of methoxy groups -OCH3 is 1. The molecule has 0 aliphatic rings. The van der Waals surface area contributed by atoms with Crippen LogP contribution < -0.4 is 0 Å². The lowest BCUT2D eigenvalue weighted by atomic mass is 9.98. The van der Waals surface area contributed by atoms with Crippen molar-refractivity contribution in [3.05, 3.63) is 68.3 Å². The van der Waals surface area contributed by atoms with E-state index in [4.69, 9.17) is 4.74 Å². The van der Waals surface area contributed by atoms with Gasteiger partial charge in [-0.15, -0.1) is 0 Å². The van der Waals surface area contributed by atoms with Gasteiger partial charge in [0.15, 0.2) is 0 Å². The average Bonchev–Trinajstić information content (AvgIpc) is 2.65. The minimum Gasteiger partial charge on any atom is -0.453 e. The fraction of sp³-hybridized carbons (Fsp3) is 0.235. The van der Waals surface area contributed by atoms with Crippen LogP contribution in [-0.4, -0.2) is 34.5 Å². The zero-order valence-corrected chi connectivity index (χ0v) is 14.2. The van der Waals surface area contributed by atoms with Gasteiger partial charge in [0.05, 0.1) is 17.0 Å². The van der Waals surface area contributed by atoms with E-state index in [1.807, 2.05) is 0 Å². The maximum absolute atomic E-state index is 11.8. The maximum Gasteiger partial charge on any atom is 0.409 e. The van der Waals surface area contributed by atoms with E-state index in [0.717, 1.165) is 0 Å². The Morgan fingerprint density at radius 2 is 1.62 bits per heavy atom. The van der Waals surface area contributed by atoms with Crippen molar-refractivity contribution in [2.75, 3.05) is 13.7 Å². The van der Waals surface area contributed by atoms with Gasteiger partial charge in [0.25, 0.3) is 11.4 Å². The van der Waals surface area contributed by atoms with Crippen molar-refractivity contribution in [2.45, 2.75) is 13.5 Å². The topological polar surface area (TPSA) is 116 Å². The molecule has 0 saturated heterocycles. The highest BCUT2D eigenvalue weighted by atomic mass is 16.6. The first-order valence-corrected chi connectivity index (χ1v) is 7.72. The lowest BCUT2D eigenvalue weighted by molar-refractivity contribution is -0.384. The van der Waals surface area contributed by atoms with Crippen molar-refractivity contribution in [1.29, 1.82) is 0 Å². The number of ether oxygens (including phenoxy) is 1. The summed E-state index contributed by atoms with van der Waals surface area (Å²) in [5.74, 6) is 0. The number of amides is 1. The quantitative estimate of drug-likeness (QED) is 0.573. The van der Waals surface area contributed by atoms with Crippen LogP contribution in [0.5, 0.6) is 0 Å². The molecular formula is C17H17N3O6. The van der Waals surface area contributed by atoms with Gasteiger partial charge < -0.3 is 9.64 Å². The largest absolute Gasteiger partial charge is 0.453 e. The summed E-state index contributed by atoms with van der Waals surface area (Å²) in [6, 6.07) is 10.0. The Morgan fingerprint density at radius 1 is 1.04 bits per heavy atom. The van der Waals surface area contributed by atoms with Crippen LogP contribution in [0.3, 0.4) is 0 Å². The number of carbonyl (C=O) groups excluding carboxylic acids is 1. The summed E-state index contributed by atoms with van der Waals surface area (Å²) in [6.45, 7) is 2.37. The fourth-order valence-corrected chi connectivity index (χ4v) is 2.49. The maximum atomic E-state index is 11.8. The molecule has 0 unspecified atom stereocenters. The van der Waals surface area contributed by atoms with Crippen LogP contribution in [-0.2, 0) is 11.3 Å². The number of benzene rings is 2. The van der Waals surface area contributed by atoms with Gasteiger partial charge in [-0.1, -0.05) is 0 Å². The number of nitro benzene ring substituents is 2. The molecule has 0 atom stereocenters. The average molecular weight is 359 g/mol. The standard InChI is InChI=1S/C17H17N3O6/c1-3-18(17(21)26-2)11-13-6-9-15(20(24)25)10-16(13)12-4-7-14(8-5-12)19(22)23/h4-10H,3,11H2,1-2H3. The minimum atomic E-state index is -0.520. The first-order chi connectivity index (χ1) is 12.4. The van der Waals surface area contributed by atoms with Crippen LogP contribution >= 0.6 is 0 Å². The molecule has 9 nitrogen and oxygen atoms in total. The smallest absolute Gasteiger partial charge is 0.409 e. The SMILES string of the molecule is CCN(Cc1ccc([N+](=O)[O-])cc1-c1ccc([N+](=O)[O-])cc1)C(=O)OC. The first kappa shape index (κ1) is 18.8. The number of hydrogen-bond donors (Lipinski definition) is 0. The molecule has 0 aliphatic heterocycles. The third-order valence-electron chi connectivity index (χ3n) is 3.87. The van der Waals surface area contributed by atoms with E-state index in [-0.39, 0.29) is 17.9 Å². The molecule has 26 heavy (non-hydrogen) atoms. The zero-order chi connectivity index (χ0) is 19.3. The number of nitrogens with zero attached hydrogens (tertiary/aromatic N) is 3. The molecule has 2 aromatic carbocycles. The zero-order valence-electron chi connectivity index (χ0n) is 14.2. The lowest BCUT2D eigenvalue weighted by Crippen LogP contribution is -2.30. The van der Waals surface area contributed by atoms with Gasteiger partial charge in [-0.05, 0) is 41.8 Å². The summed E-state index contributed by atoms with van der Waals surface area (Å²) >= 11 is 0. The highest BCUT2D eigenvalue weighted by Crippen LogP contribution is 2.30. The molecule has 0 spiro atoms. The van der Waals surface area contributed by atoms with Crippen LogP contribution in [0.4, 0.5) is 16.2 Å². The van der Waals surface area contributed by atoms with Crippen molar-refractivity contribution < 1.29 is 19.4 Å². The Balaban J connectivity index is 2.49. The second-order valence-electron chi connectivity index (χ2n) is 5.39. The van der Waals surface area contributed by atoms with Crippen molar-refractivity contribution in [1.82, 2.24) is 4.90 Å². The second-order valence-corrected chi connectivity index (χ2v) is 5.39. The van der Waals surface area contributed by atoms with E-state index in [1.54, 1.807) is 13.0 Å². The van der Waals surface area contributed by atoms with Crippen molar-refractivity contribution in [3.8, 4) is 11.1 Å². The van der Waals surface area contributed by atoms with Gasteiger partial charge in [-0.25, -0.2) is 4.79 Å². The van der Waals surface area contributed by atoms with E-state index in [0.29, 0.717) is 23.2 Å². The van der Waals surface area contributed by atoms with E-state index in [2.05, 4.69) is 0 Å². The van der Waals surface area contributed by atoms with Gasteiger partial charge in [0, 0.05) is 37.4 Å². The first-order valence-electron chi connectivity index (χ1n) is 7.72. The molecule has 2 rings (SSSR count). The van der Waals surface area contributed by atoms with E-state index in [1.165, 1.54) is 48.4 Å². The summed E-state index contributed by atoms with van der Waals surface area (Å²) in [5, 5.41) is 21.9. The predicted molar refractivity (Wildman–Crippen MR) is 93.7 cm³/mol. The molecule has 0 bridgehead atoms. The number of carbonyl (C=O) groups is 1. The Hall–Kier alpha value is -3.49. The van der Waals surface area contributed by atoms with Crippen LogP contribution in [0.1, 0.15) is 12.5 Å². The highest BCUT2D eigenvalue weighted by molar-refractivity contribution is 5.72. The van der Waals surface area contributed by atoms with Crippen LogP contribution in [0, 0.1) is 20.2 Å². The van der Waals surface area contributed by atoms with Crippen LogP contribution in [0.15, 0.2) is 42.5 Å². The summed E-state index contributed by atoms with van der Waals surface area (Å²) in [7, 11) is 1.28. The fourth-order valence-electron chi connectivity index (χ4n) is 2.49. The molecule has 0 aromatic heterocycles. The Bertz CT molecular complexity index is 835. The lowest BCUT2D eigenvalue weighted by Gasteiger charge is -2.21. The minimum absolute atomic E-state index is 0.0783. The number of non-ortho nitro benzene ring substituents is 2. The number of rotatable bonds is 6. The summed E-state index contributed by atoms with van der Waals surface area (Å²) in [6.07, 6.45) is -0.513. The Labute approximate surface area is 149 Å². The molecule has 2 aromatic rings. The van der Waals surface area contributed by atoms with Gasteiger partial charge in [0.1, 0.15) is 0 Å². The highest BCUT2D eigenvalue weighted by Gasteiger charge is 2.18. The summed E-state index contributed by atoms with van der Waals surface area (Å²) in [4.78, 5) is 34.1. The normalized spacial score (nSPS) is 10.2. The Kier molecular flexibility index (Phi) is 5.84. The van der Waals surface area contributed by atoms with Crippen molar-refractivity contribution in [3.63, 3.8) is 0 Å². The predicted octanol–water partition coefficient (Wildman–Crippen LogP) is 3.76. The van der Waals surface area contributed by atoms with Gasteiger partial charge >= 0.3 is 6.09 Å². The molecule has 0 heterocycles. The molecule has 0 radical (unpaired) electrons. The molecule has 0 N–H and O–H groups in total. The van der Waals surface area contributed by atoms with Crippen LogP contribution in [0.2, 0.25) is 0 Å². The van der Waals surface area contributed by atoms with Gasteiger partial charge in [-0.2, -0.15) is 0 Å². The number of nitro groups is 2. The molecular weight excluding hydrogens is 342 g/mol. The second kappa shape index (κ2) is 8.06. The molecule has 9 heteroatoms. The van der Waals surface area contributed by atoms with E-state index >= 15 is 0 Å². The molecule has 1 amide bonds. The summed E-state index contributed by atoms with van der Waals surface area (Å²) < 4.78 is 4.73.